The molecule has 18 heavy (non-hydrogen) atoms. The molecule has 0 amide bonds. The second-order valence-electron chi connectivity index (χ2n) is 5.05. The molecular weight excluding hydrogens is 230 g/mol. The highest BCUT2D eigenvalue weighted by atomic mass is 16.6. The Morgan fingerprint density at radius 2 is 1.67 bits per heavy atom. The molecule has 0 saturated carbocycles. The lowest BCUT2D eigenvalue weighted by Gasteiger charge is -2.38. The smallest absolute Gasteiger partial charge is 0.317 e. The number of rotatable bonds is 2. The number of piperidine rings is 1. The summed E-state index contributed by atoms with van der Waals surface area (Å²) in [5.74, 6) is -0.974. The van der Waals surface area contributed by atoms with E-state index in [0.29, 0.717) is 19.5 Å². The standard InChI is InChI=1S/C14H15NO3/c16-13-11-6-12(14(17)18-13)9-15(8-11)7-10-4-2-1-3-5-10/h1-5,11-12H,6-9H2/t11-,12+. The number of cyclic esters (lactones) is 2. The highest BCUT2D eigenvalue weighted by Gasteiger charge is 2.42. The maximum atomic E-state index is 11.5. The first-order chi connectivity index (χ1) is 8.72. The van der Waals surface area contributed by atoms with E-state index in [1.165, 1.54) is 5.56 Å². The molecule has 1 aromatic rings. The molecule has 0 aromatic heterocycles. The van der Waals surface area contributed by atoms with E-state index in [1.807, 2.05) is 18.2 Å². The number of fused-ring (bicyclic) bond motifs is 2. The number of carbonyl (C=O) groups is 2. The summed E-state index contributed by atoms with van der Waals surface area (Å²) < 4.78 is 4.75. The van der Waals surface area contributed by atoms with Gasteiger partial charge in [-0.25, -0.2) is 0 Å². The van der Waals surface area contributed by atoms with Crippen molar-refractivity contribution in [1.29, 1.82) is 0 Å². The minimum atomic E-state index is -0.353. The van der Waals surface area contributed by atoms with E-state index in [-0.39, 0.29) is 23.8 Å². The van der Waals surface area contributed by atoms with Crippen LogP contribution in [0.1, 0.15) is 12.0 Å². The van der Waals surface area contributed by atoms with Crippen molar-refractivity contribution < 1.29 is 14.3 Å². The van der Waals surface area contributed by atoms with Crippen LogP contribution >= 0.6 is 0 Å². The summed E-state index contributed by atoms with van der Waals surface area (Å²) in [7, 11) is 0. The maximum absolute atomic E-state index is 11.5. The lowest BCUT2D eigenvalue weighted by atomic mass is 9.87. The molecule has 2 aliphatic heterocycles. The van der Waals surface area contributed by atoms with Crippen molar-refractivity contribution in [1.82, 2.24) is 4.90 Å². The Hall–Kier alpha value is -1.68. The largest absolute Gasteiger partial charge is 0.393 e. The Balaban J connectivity index is 1.72. The number of carbonyl (C=O) groups excluding carboxylic acids is 2. The molecule has 2 aliphatic rings. The van der Waals surface area contributed by atoms with Crippen LogP contribution in [-0.4, -0.2) is 29.9 Å². The van der Waals surface area contributed by atoms with Crippen LogP contribution in [0.2, 0.25) is 0 Å². The molecule has 0 radical (unpaired) electrons. The fourth-order valence-corrected chi connectivity index (χ4v) is 2.77. The minimum Gasteiger partial charge on any atom is -0.393 e. The number of nitrogens with zero attached hydrogens (tertiary/aromatic N) is 1. The molecule has 0 spiro atoms. The highest BCUT2D eigenvalue weighted by Crippen LogP contribution is 2.29. The molecule has 2 fully saturated rings. The van der Waals surface area contributed by atoms with E-state index in [2.05, 4.69) is 17.0 Å². The van der Waals surface area contributed by atoms with Crippen molar-refractivity contribution in [2.45, 2.75) is 13.0 Å². The molecule has 4 nitrogen and oxygen atoms in total. The van der Waals surface area contributed by atoms with Gasteiger partial charge in [-0.05, 0) is 12.0 Å². The molecule has 2 bridgehead atoms. The lowest BCUT2D eigenvalue weighted by molar-refractivity contribution is -0.176. The maximum Gasteiger partial charge on any atom is 0.317 e. The van der Waals surface area contributed by atoms with Gasteiger partial charge in [0, 0.05) is 19.6 Å². The fraction of sp³-hybridized carbons (Fsp3) is 0.429. The molecular formula is C14H15NO3. The predicted octanol–water partition coefficient (Wildman–Crippen LogP) is 1.21. The zero-order valence-electron chi connectivity index (χ0n) is 10.0. The van der Waals surface area contributed by atoms with E-state index in [1.54, 1.807) is 0 Å². The van der Waals surface area contributed by atoms with Gasteiger partial charge in [0.25, 0.3) is 0 Å². The van der Waals surface area contributed by atoms with Gasteiger partial charge in [0.05, 0.1) is 11.8 Å². The van der Waals surface area contributed by atoms with E-state index in [9.17, 15) is 9.59 Å². The fourth-order valence-electron chi connectivity index (χ4n) is 2.77. The Labute approximate surface area is 106 Å². The average molecular weight is 245 g/mol. The van der Waals surface area contributed by atoms with Gasteiger partial charge >= 0.3 is 11.9 Å². The third kappa shape index (κ3) is 2.16. The molecule has 0 aliphatic carbocycles. The van der Waals surface area contributed by atoms with E-state index < -0.39 is 0 Å². The number of hydrogen-bond donors (Lipinski definition) is 0. The van der Waals surface area contributed by atoms with E-state index in [4.69, 9.17) is 4.74 Å². The van der Waals surface area contributed by atoms with Crippen molar-refractivity contribution in [3.63, 3.8) is 0 Å². The summed E-state index contributed by atoms with van der Waals surface area (Å²) in [5, 5.41) is 0. The first kappa shape index (κ1) is 11.4. The molecule has 0 N–H and O–H groups in total. The van der Waals surface area contributed by atoms with Crippen LogP contribution in [0.5, 0.6) is 0 Å². The summed E-state index contributed by atoms with van der Waals surface area (Å²) >= 11 is 0. The van der Waals surface area contributed by atoms with Crippen LogP contribution in [0.15, 0.2) is 30.3 Å². The number of likely N-dealkylation sites (tertiary alicyclic amines) is 1. The van der Waals surface area contributed by atoms with Crippen LogP contribution in [-0.2, 0) is 20.9 Å². The van der Waals surface area contributed by atoms with Gasteiger partial charge in [0.15, 0.2) is 0 Å². The second kappa shape index (κ2) is 4.53. The third-order valence-corrected chi connectivity index (χ3v) is 3.64. The number of ether oxygens (including phenoxy) is 1. The van der Waals surface area contributed by atoms with Crippen LogP contribution < -0.4 is 0 Å². The zero-order chi connectivity index (χ0) is 12.5. The van der Waals surface area contributed by atoms with Gasteiger partial charge in [-0.2, -0.15) is 0 Å². The Morgan fingerprint density at radius 1 is 1.06 bits per heavy atom. The van der Waals surface area contributed by atoms with Gasteiger partial charge in [0.2, 0.25) is 0 Å². The first-order valence-electron chi connectivity index (χ1n) is 6.24. The van der Waals surface area contributed by atoms with Gasteiger partial charge in [-0.1, -0.05) is 30.3 Å². The van der Waals surface area contributed by atoms with Gasteiger partial charge in [-0.15, -0.1) is 0 Å². The molecule has 2 heterocycles. The first-order valence-corrected chi connectivity index (χ1v) is 6.24. The van der Waals surface area contributed by atoms with Gasteiger partial charge in [0.1, 0.15) is 0 Å². The van der Waals surface area contributed by atoms with Crippen molar-refractivity contribution in [2.24, 2.45) is 11.8 Å². The van der Waals surface area contributed by atoms with E-state index >= 15 is 0 Å². The molecule has 3 rings (SSSR count). The zero-order valence-corrected chi connectivity index (χ0v) is 10.0. The van der Waals surface area contributed by atoms with Crippen molar-refractivity contribution in [2.75, 3.05) is 13.1 Å². The molecule has 2 atom stereocenters. The predicted molar refractivity (Wildman–Crippen MR) is 64.4 cm³/mol. The molecule has 94 valence electrons. The van der Waals surface area contributed by atoms with E-state index in [0.717, 1.165) is 6.54 Å². The lowest BCUT2D eigenvalue weighted by Crippen LogP contribution is -2.50. The van der Waals surface area contributed by atoms with Crippen molar-refractivity contribution in [3.8, 4) is 0 Å². The van der Waals surface area contributed by atoms with Crippen LogP contribution in [0.4, 0.5) is 0 Å². The molecule has 2 saturated heterocycles. The van der Waals surface area contributed by atoms with Crippen LogP contribution in [0.25, 0.3) is 0 Å². The SMILES string of the molecule is O=C1OC(=O)[C@H]2C[C@@H]1CN(Cc1ccccc1)C2. The Morgan fingerprint density at radius 3 is 2.28 bits per heavy atom. The Kier molecular flexibility index (Phi) is 2.88. The molecule has 4 heteroatoms. The second-order valence-corrected chi connectivity index (χ2v) is 5.05. The summed E-state index contributed by atoms with van der Waals surface area (Å²) in [6.45, 7) is 2.17. The quantitative estimate of drug-likeness (QED) is 0.580. The Bertz CT molecular complexity index is 449. The number of hydrogen-bond acceptors (Lipinski definition) is 4. The van der Waals surface area contributed by atoms with Crippen LogP contribution in [0.3, 0.4) is 0 Å². The monoisotopic (exact) mass is 245 g/mol. The minimum absolute atomic E-state index is 0.134. The van der Waals surface area contributed by atoms with Crippen molar-refractivity contribution in [3.05, 3.63) is 35.9 Å². The highest BCUT2D eigenvalue weighted by molar-refractivity contribution is 5.91. The normalized spacial score (nSPS) is 28.0. The third-order valence-electron chi connectivity index (χ3n) is 3.64. The summed E-state index contributed by atoms with van der Waals surface area (Å²) in [5.41, 5.74) is 1.21. The summed E-state index contributed by atoms with van der Waals surface area (Å²) in [6.07, 6.45) is 0.656. The average Bonchev–Trinajstić information content (AvgIpc) is 2.38. The number of benzene rings is 1. The topological polar surface area (TPSA) is 46.6 Å². The molecule has 1 aromatic carbocycles. The summed E-state index contributed by atoms with van der Waals surface area (Å²) in [4.78, 5) is 25.3. The van der Waals surface area contributed by atoms with Gasteiger partial charge < -0.3 is 4.74 Å². The van der Waals surface area contributed by atoms with Gasteiger partial charge in [-0.3, -0.25) is 14.5 Å². The molecule has 0 unspecified atom stereocenters. The van der Waals surface area contributed by atoms with Crippen LogP contribution in [0, 0.1) is 11.8 Å². The number of esters is 2. The van der Waals surface area contributed by atoms with Crippen molar-refractivity contribution >= 4 is 11.9 Å². The summed E-state index contributed by atoms with van der Waals surface area (Å²) in [6, 6.07) is 10.1.